The third kappa shape index (κ3) is 5.74. The molecule has 1 aromatic carbocycles. The largest absolute Gasteiger partial charge is 0.368 e. The van der Waals surface area contributed by atoms with Crippen LogP contribution in [0.5, 0.6) is 0 Å². The molecule has 4 N–H and O–H groups in total. The molecule has 0 bridgehead atoms. The lowest BCUT2D eigenvalue weighted by molar-refractivity contribution is 0.598. The minimum absolute atomic E-state index is 0.113. The zero-order valence-electron chi connectivity index (χ0n) is 13.6. The molecule has 0 atom stereocenters. The molecule has 0 aliphatic heterocycles. The molecule has 0 radical (unpaired) electrons. The molecule has 2 rings (SSSR count). The second-order valence-electron chi connectivity index (χ2n) is 5.31. The van der Waals surface area contributed by atoms with Gasteiger partial charge in [-0.15, -0.1) is 5.10 Å². The highest BCUT2D eigenvalue weighted by Crippen LogP contribution is 2.10. The van der Waals surface area contributed by atoms with Crippen molar-refractivity contribution in [3.8, 4) is 0 Å². The Morgan fingerprint density at radius 3 is 2.54 bits per heavy atom. The van der Waals surface area contributed by atoms with Gasteiger partial charge in [0.1, 0.15) is 0 Å². The Bertz CT molecular complexity index is 749. The number of nitrogens with zero attached hydrogens (tertiary/aromatic N) is 3. The first kappa shape index (κ1) is 18.1. The Kier molecular flexibility index (Phi) is 6.44. The Labute approximate surface area is 142 Å². The van der Waals surface area contributed by atoms with Crippen LogP contribution in [0.2, 0.25) is 0 Å². The van der Waals surface area contributed by atoms with Crippen molar-refractivity contribution in [3.63, 3.8) is 0 Å². The maximum atomic E-state index is 11.2. The van der Waals surface area contributed by atoms with Crippen molar-refractivity contribution in [1.82, 2.24) is 15.2 Å². The average Bonchev–Trinajstić information content (AvgIpc) is 2.55. The van der Waals surface area contributed by atoms with Gasteiger partial charge in [0.25, 0.3) is 0 Å². The topological polar surface area (TPSA) is 123 Å². The lowest BCUT2D eigenvalue weighted by Gasteiger charge is -2.08. The first-order chi connectivity index (χ1) is 11.5. The first-order valence-electron chi connectivity index (χ1n) is 7.78. The van der Waals surface area contributed by atoms with Crippen LogP contribution in [0.4, 0.5) is 11.8 Å². The zero-order chi connectivity index (χ0) is 17.4. The molecule has 1 aromatic heterocycles. The van der Waals surface area contributed by atoms with E-state index in [1.165, 1.54) is 12.1 Å². The van der Waals surface area contributed by atoms with Gasteiger partial charge in [0.2, 0.25) is 16.0 Å². The van der Waals surface area contributed by atoms with E-state index in [0.29, 0.717) is 24.7 Å². The molecular formula is C15H22N6O2S. The van der Waals surface area contributed by atoms with Crippen LogP contribution in [-0.2, 0) is 16.4 Å². The molecule has 0 saturated carbocycles. The molecule has 0 amide bonds. The highest BCUT2D eigenvalue weighted by molar-refractivity contribution is 7.89. The molecule has 1 heterocycles. The van der Waals surface area contributed by atoms with E-state index in [0.717, 1.165) is 24.9 Å². The van der Waals surface area contributed by atoms with E-state index in [2.05, 4.69) is 32.7 Å². The number of hydrogen-bond acceptors (Lipinski definition) is 7. The highest BCUT2D eigenvalue weighted by Gasteiger charge is 2.06. The van der Waals surface area contributed by atoms with Crippen molar-refractivity contribution in [2.75, 3.05) is 23.7 Å². The molecule has 130 valence electrons. The van der Waals surface area contributed by atoms with Gasteiger partial charge in [0.05, 0.1) is 11.1 Å². The zero-order valence-corrected chi connectivity index (χ0v) is 14.4. The lowest BCUT2D eigenvalue weighted by atomic mass is 10.1. The molecule has 0 aliphatic rings. The van der Waals surface area contributed by atoms with E-state index >= 15 is 0 Å². The summed E-state index contributed by atoms with van der Waals surface area (Å²) in [5.74, 6) is 1.15. The number of hydrogen-bond donors (Lipinski definition) is 3. The number of nitrogens with two attached hydrogens (primary N) is 1. The summed E-state index contributed by atoms with van der Waals surface area (Å²) >= 11 is 0. The van der Waals surface area contributed by atoms with Gasteiger partial charge < -0.3 is 10.6 Å². The summed E-state index contributed by atoms with van der Waals surface area (Å²) < 4.78 is 22.4. The summed E-state index contributed by atoms with van der Waals surface area (Å²) in [6.45, 7) is 3.58. The standard InChI is InChI=1S/C15H22N6O2S/c1-2-3-9-18-15-20-14(11-19-21-15)17-10-8-12-4-6-13(7-5-12)24(16,22)23/h4-7,11H,2-3,8-10H2,1H3,(H2,16,22,23)(H2,17,18,20,21). The number of nitrogens with one attached hydrogen (secondary N) is 2. The SMILES string of the molecule is CCCCNc1nncc(NCCc2ccc(S(N)(=O)=O)cc2)n1. The van der Waals surface area contributed by atoms with Gasteiger partial charge >= 0.3 is 0 Å². The van der Waals surface area contributed by atoms with Crippen LogP contribution in [0.1, 0.15) is 25.3 Å². The maximum Gasteiger partial charge on any atom is 0.244 e. The number of benzene rings is 1. The highest BCUT2D eigenvalue weighted by atomic mass is 32.2. The average molecular weight is 350 g/mol. The Balaban J connectivity index is 1.84. The molecule has 0 saturated heterocycles. The first-order valence-corrected chi connectivity index (χ1v) is 9.33. The van der Waals surface area contributed by atoms with E-state index in [1.54, 1.807) is 18.3 Å². The monoisotopic (exact) mass is 350 g/mol. The van der Waals surface area contributed by atoms with E-state index in [4.69, 9.17) is 5.14 Å². The van der Waals surface area contributed by atoms with Crippen LogP contribution in [-0.4, -0.2) is 36.7 Å². The fraction of sp³-hybridized carbons (Fsp3) is 0.400. The molecule has 8 nitrogen and oxygen atoms in total. The molecular weight excluding hydrogens is 328 g/mol. The number of anilines is 2. The molecule has 0 spiro atoms. The summed E-state index contributed by atoms with van der Waals surface area (Å²) in [4.78, 5) is 4.44. The van der Waals surface area contributed by atoms with Crippen molar-refractivity contribution in [2.45, 2.75) is 31.1 Å². The van der Waals surface area contributed by atoms with Crippen LogP contribution in [0.3, 0.4) is 0 Å². The second-order valence-corrected chi connectivity index (χ2v) is 6.87. The van der Waals surface area contributed by atoms with Crippen molar-refractivity contribution >= 4 is 21.8 Å². The van der Waals surface area contributed by atoms with Gasteiger partial charge in [0.15, 0.2) is 5.82 Å². The fourth-order valence-corrected chi connectivity index (χ4v) is 2.54. The van der Waals surface area contributed by atoms with Crippen molar-refractivity contribution in [2.24, 2.45) is 5.14 Å². The third-order valence-corrected chi connectivity index (χ3v) is 4.27. The fourth-order valence-electron chi connectivity index (χ4n) is 2.02. The van der Waals surface area contributed by atoms with Crippen molar-refractivity contribution in [1.29, 1.82) is 0 Å². The summed E-state index contributed by atoms with van der Waals surface area (Å²) in [5, 5.41) is 19.2. The maximum absolute atomic E-state index is 11.2. The van der Waals surface area contributed by atoms with Crippen molar-refractivity contribution in [3.05, 3.63) is 36.0 Å². The predicted molar refractivity (Wildman–Crippen MR) is 93.2 cm³/mol. The number of unbranched alkanes of at least 4 members (excludes halogenated alkanes) is 1. The molecule has 0 fully saturated rings. The summed E-state index contributed by atoms with van der Waals surface area (Å²) in [6, 6.07) is 6.51. The number of sulfonamides is 1. The Morgan fingerprint density at radius 1 is 1.12 bits per heavy atom. The smallest absolute Gasteiger partial charge is 0.244 e. The van der Waals surface area contributed by atoms with Gasteiger partial charge in [-0.1, -0.05) is 25.5 Å². The van der Waals surface area contributed by atoms with Crippen LogP contribution in [0, 0.1) is 0 Å². The van der Waals surface area contributed by atoms with Gasteiger partial charge in [0, 0.05) is 13.1 Å². The number of aromatic nitrogens is 3. The Hall–Kier alpha value is -2.26. The quantitative estimate of drug-likeness (QED) is 0.584. The van der Waals surface area contributed by atoms with Gasteiger partial charge in [-0.25, -0.2) is 13.6 Å². The van der Waals surface area contributed by atoms with Gasteiger partial charge in [-0.05, 0) is 30.5 Å². The second kappa shape index (κ2) is 8.55. The minimum atomic E-state index is -3.65. The summed E-state index contributed by atoms with van der Waals surface area (Å²) in [7, 11) is -3.65. The van der Waals surface area contributed by atoms with Crippen LogP contribution in [0.25, 0.3) is 0 Å². The van der Waals surface area contributed by atoms with Gasteiger partial charge in [-0.3, -0.25) is 0 Å². The third-order valence-electron chi connectivity index (χ3n) is 3.34. The van der Waals surface area contributed by atoms with Crippen LogP contribution in [0.15, 0.2) is 35.4 Å². The van der Waals surface area contributed by atoms with E-state index in [1.807, 2.05) is 0 Å². The normalized spacial score (nSPS) is 11.2. The molecule has 24 heavy (non-hydrogen) atoms. The molecule has 0 unspecified atom stereocenters. The van der Waals surface area contributed by atoms with Crippen LogP contribution >= 0.6 is 0 Å². The van der Waals surface area contributed by atoms with E-state index in [9.17, 15) is 8.42 Å². The number of primary sulfonamides is 1. The molecule has 9 heteroatoms. The summed E-state index contributed by atoms with van der Waals surface area (Å²) in [5.41, 5.74) is 0.998. The van der Waals surface area contributed by atoms with Gasteiger partial charge in [-0.2, -0.15) is 10.1 Å². The van der Waals surface area contributed by atoms with Crippen molar-refractivity contribution < 1.29 is 8.42 Å². The lowest BCUT2D eigenvalue weighted by Crippen LogP contribution is -2.12. The van der Waals surface area contributed by atoms with E-state index in [-0.39, 0.29) is 4.90 Å². The number of rotatable bonds is 9. The molecule has 2 aromatic rings. The minimum Gasteiger partial charge on any atom is -0.368 e. The summed E-state index contributed by atoms with van der Waals surface area (Å²) in [6.07, 6.45) is 4.43. The van der Waals surface area contributed by atoms with Crippen LogP contribution < -0.4 is 15.8 Å². The predicted octanol–water partition coefficient (Wildman–Crippen LogP) is 1.39. The van der Waals surface area contributed by atoms with E-state index < -0.39 is 10.0 Å². The Morgan fingerprint density at radius 2 is 1.88 bits per heavy atom. The molecule has 0 aliphatic carbocycles.